The van der Waals surface area contributed by atoms with Crippen LogP contribution in [0, 0.1) is 0 Å². The number of hydrazone groups is 1. The summed E-state index contributed by atoms with van der Waals surface area (Å²) in [6, 6.07) is 20.8. The Balaban J connectivity index is 1.63. The number of fused-ring (bicyclic) bond motifs is 1. The van der Waals surface area contributed by atoms with Gasteiger partial charge in [-0.25, -0.2) is 5.43 Å². The van der Waals surface area contributed by atoms with Crippen molar-refractivity contribution in [2.75, 3.05) is 5.32 Å². The maximum absolute atomic E-state index is 12.2. The summed E-state index contributed by atoms with van der Waals surface area (Å²) in [5, 5.41) is 10.1. The van der Waals surface area contributed by atoms with Gasteiger partial charge in [0.1, 0.15) is 6.04 Å². The van der Waals surface area contributed by atoms with E-state index < -0.39 is 6.04 Å². The summed E-state index contributed by atoms with van der Waals surface area (Å²) in [6.45, 7) is 1.80. The molecule has 0 aromatic heterocycles. The minimum absolute atomic E-state index is 0.210. The second-order valence-electron chi connectivity index (χ2n) is 5.68. The van der Waals surface area contributed by atoms with Crippen LogP contribution in [0.15, 0.2) is 71.8 Å². The molecule has 4 nitrogen and oxygen atoms in total. The van der Waals surface area contributed by atoms with Gasteiger partial charge in [0.2, 0.25) is 0 Å². The average molecular weight is 352 g/mol. The number of nitrogens with one attached hydrogen (secondary N) is 2. The molecule has 0 radical (unpaired) electrons. The van der Waals surface area contributed by atoms with E-state index in [-0.39, 0.29) is 5.91 Å². The highest BCUT2D eigenvalue weighted by molar-refractivity contribution is 6.30. The second-order valence-corrected chi connectivity index (χ2v) is 6.11. The van der Waals surface area contributed by atoms with Crippen LogP contribution in [-0.4, -0.2) is 18.2 Å². The summed E-state index contributed by atoms with van der Waals surface area (Å²) in [6.07, 6.45) is 1.58. The van der Waals surface area contributed by atoms with Crippen molar-refractivity contribution in [1.29, 1.82) is 0 Å². The van der Waals surface area contributed by atoms with E-state index in [1.165, 1.54) is 0 Å². The van der Waals surface area contributed by atoms with E-state index in [2.05, 4.69) is 15.8 Å². The Kier molecular flexibility index (Phi) is 5.31. The van der Waals surface area contributed by atoms with Gasteiger partial charge in [-0.3, -0.25) is 4.79 Å². The van der Waals surface area contributed by atoms with Gasteiger partial charge in [0, 0.05) is 16.1 Å². The SMILES string of the molecule is C[C@H](Nc1cccc2ccccc12)C(=O)N/N=C\c1ccc(Cl)cc1. The van der Waals surface area contributed by atoms with Crippen LogP contribution in [0.3, 0.4) is 0 Å². The van der Waals surface area contributed by atoms with Crippen molar-refractivity contribution in [2.45, 2.75) is 13.0 Å². The Morgan fingerprint density at radius 2 is 1.76 bits per heavy atom. The number of anilines is 1. The summed E-state index contributed by atoms with van der Waals surface area (Å²) in [7, 11) is 0. The van der Waals surface area contributed by atoms with E-state index in [4.69, 9.17) is 11.6 Å². The molecule has 0 aliphatic heterocycles. The molecule has 3 aromatic carbocycles. The quantitative estimate of drug-likeness (QED) is 0.527. The van der Waals surface area contributed by atoms with Crippen LogP contribution in [0.25, 0.3) is 10.8 Å². The number of carbonyl (C=O) groups is 1. The standard InChI is InChI=1S/C20H18ClN3O/c1-14(20(25)24-22-13-15-9-11-17(21)12-10-15)23-19-8-4-6-16-5-2-3-7-18(16)19/h2-14,23H,1H3,(H,24,25)/b22-13-/t14-/m0/s1. The van der Waals surface area contributed by atoms with Crippen LogP contribution < -0.4 is 10.7 Å². The predicted molar refractivity (Wildman–Crippen MR) is 104 cm³/mol. The lowest BCUT2D eigenvalue weighted by molar-refractivity contribution is -0.121. The molecule has 5 heteroatoms. The molecule has 0 bridgehead atoms. The Labute approximate surface area is 151 Å². The first-order valence-corrected chi connectivity index (χ1v) is 8.34. The highest BCUT2D eigenvalue weighted by Gasteiger charge is 2.12. The van der Waals surface area contributed by atoms with Crippen LogP contribution in [0.1, 0.15) is 12.5 Å². The molecule has 126 valence electrons. The molecule has 0 saturated carbocycles. The van der Waals surface area contributed by atoms with Crippen LogP contribution >= 0.6 is 11.6 Å². The van der Waals surface area contributed by atoms with Gasteiger partial charge in [-0.2, -0.15) is 5.10 Å². The molecule has 0 aliphatic rings. The molecule has 0 unspecified atom stereocenters. The minimum atomic E-state index is -0.423. The number of hydrogen-bond acceptors (Lipinski definition) is 3. The molecule has 0 aliphatic carbocycles. The molecule has 3 rings (SSSR count). The minimum Gasteiger partial charge on any atom is -0.373 e. The van der Waals surface area contributed by atoms with Crippen LogP contribution in [-0.2, 0) is 4.79 Å². The maximum Gasteiger partial charge on any atom is 0.262 e. The zero-order chi connectivity index (χ0) is 17.6. The predicted octanol–water partition coefficient (Wildman–Crippen LogP) is 4.44. The third-order valence-corrected chi connectivity index (χ3v) is 4.07. The number of carbonyl (C=O) groups excluding carboxylic acids is 1. The maximum atomic E-state index is 12.2. The summed E-state index contributed by atoms with van der Waals surface area (Å²) >= 11 is 5.83. The first kappa shape index (κ1) is 17.0. The number of amides is 1. The molecule has 0 fully saturated rings. The van der Waals surface area contributed by atoms with Crippen LogP contribution in [0.5, 0.6) is 0 Å². The largest absolute Gasteiger partial charge is 0.373 e. The van der Waals surface area contributed by atoms with Gasteiger partial charge in [0.05, 0.1) is 6.21 Å². The highest BCUT2D eigenvalue weighted by Crippen LogP contribution is 2.23. The number of halogens is 1. The van der Waals surface area contributed by atoms with E-state index >= 15 is 0 Å². The highest BCUT2D eigenvalue weighted by atomic mass is 35.5. The monoisotopic (exact) mass is 351 g/mol. The van der Waals surface area contributed by atoms with Gasteiger partial charge in [-0.15, -0.1) is 0 Å². The number of benzene rings is 3. The molecule has 1 amide bonds. The molecule has 2 N–H and O–H groups in total. The Bertz CT molecular complexity index is 901. The van der Waals surface area contributed by atoms with E-state index in [1.807, 2.05) is 54.6 Å². The third-order valence-electron chi connectivity index (χ3n) is 3.81. The summed E-state index contributed by atoms with van der Waals surface area (Å²) in [5.74, 6) is -0.210. The van der Waals surface area contributed by atoms with E-state index in [1.54, 1.807) is 25.3 Å². The van der Waals surface area contributed by atoms with Gasteiger partial charge >= 0.3 is 0 Å². The third kappa shape index (κ3) is 4.37. The van der Waals surface area contributed by atoms with Gasteiger partial charge in [0.25, 0.3) is 5.91 Å². The first-order chi connectivity index (χ1) is 12.1. The fourth-order valence-electron chi connectivity index (χ4n) is 2.47. The summed E-state index contributed by atoms with van der Waals surface area (Å²) in [4.78, 5) is 12.2. The summed E-state index contributed by atoms with van der Waals surface area (Å²) in [5.41, 5.74) is 4.33. The van der Waals surface area contributed by atoms with E-state index in [0.717, 1.165) is 22.0 Å². The molecular formula is C20H18ClN3O. The zero-order valence-corrected chi connectivity index (χ0v) is 14.5. The zero-order valence-electron chi connectivity index (χ0n) is 13.7. The smallest absolute Gasteiger partial charge is 0.262 e. The van der Waals surface area contributed by atoms with Crippen molar-refractivity contribution < 1.29 is 4.79 Å². The van der Waals surface area contributed by atoms with Crippen molar-refractivity contribution in [3.05, 3.63) is 77.3 Å². The molecule has 0 saturated heterocycles. The Morgan fingerprint density at radius 1 is 1.04 bits per heavy atom. The lowest BCUT2D eigenvalue weighted by Crippen LogP contribution is -2.34. The topological polar surface area (TPSA) is 53.5 Å². The number of hydrogen-bond donors (Lipinski definition) is 2. The lowest BCUT2D eigenvalue weighted by Gasteiger charge is -2.15. The van der Waals surface area contributed by atoms with Crippen molar-refractivity contribution in [3.8, 4) is 0 Å². The number of nitrogens with zero attached hydrogens (tertiary/aromatic N) is 1. The molecule has 25 heavy (non-hydrogen) atoms. The van der Waals surface area contributed by atoms with Crippen molar-refractivity contribution in [1.82, 2.24) is 5.43 Å². The van der Waals surface area contributed by atoms with Crippen LogP contribution in [0.2, 0.25) is 5.02 Å². The molecule has 0 spiro atoms. The second kappa shape index (κ2) is 7.81. The number of rotatable bonds is 5. The fraction of sp³-hybridized carbons (Fsp3) is 0.100. The molecule has 0 heterocycles. The Hall–Kier alpha value is -2.85. The van der Waals surface area contributed by atoms with E-state index in [9.17, 15) is 4.79 Å². The van der Waals surface area contributed by atoms with Gasteiger partial charge < -0.3 is 5.32 Å². The average Bonchev–Trinajstić information content (AvgIpc) is 2.63. The van der Waals surface area contributed by atoms with Crippen molar-refractivity contribution in [3.63, 3.8) is 0 Å². The van der Waals surface area contributed by atoms with Gasteiger partial charge in [-0.05, 0) is 36.1 Å². The van der Waals surface area contributed by atoms with Crippen molar-refractivity contribution in [2.24, 2.45) is 5.10 Å². The molecule has 1 atom stereocenters. The van der Waals surface area contributed by atoms with Gasteiger partial charge in [-0.1, -0.05) is 60.1 Å². The van der Waals surface area contributed by atoms with Gasteiger partial charge in [0.15, 0.2) is 0 Å². The van der Waals surface area contributed by atoms with Crippen LogP contribution in [0.4, 0.5) is 5.69 Å². The molecular weight excluding hydrogens is 334 g/mol. The van der Waals surface area contributed by atoms with Crippen molar-refractivity contribution >= 4 is 40.2 Å². The summed E-state index contributed by atoms with van der Waals surface area (Å²) < 4.78 is 0. The fourth-order valence-corrected chi connectivity index (χ4v) is 2.59. The first-order valence-electron chi connectivity index (χ1n) is 7.96. The lowest BCUT2D eigenvalue weighted by atomic mass is 10.1. The Morgan fingerprint density at radius 3 is 2.56 bits per heavy atom. The normalized spacial score (nSPS) is 12.2. The van der Waals surface area contributed by atoms with E-state index in [0.29, 0.717) is 5.02 Å². The molecule has 3 aromatic rings.